The minimum atomic E-state index is -0.241. The van der Waals surface area contributed by atoms with Crippen LogP contribution in [0.4, 0.5) is 10.1 Å². The van der Waals surface area contributed by atoms with Crippen LogP contribution in [0.5, 0.6) is 0 Å². The van der Waals surface area contributed by atoms with Crippen molar-refractivity contribution in [3.63, 3.8) is 0 Å². The van der Waals surface area contributed by atoms with Gasteiger partial charge in [0.25, 0.3) is 0 Å². The van der Waals surface area contributed by atoms with Gasteiger partial charge in [-0.15, -0.1) is 0 Å². The second kappa shape index (κ2) is 5.33. The third kappa shape index (κ3) is 2.55. The fraction of sp³-hybridized carbons (Fsp3) is 0.571. The van der Waals surface area contributed by atoms with Crippen molar-refractivity contribution >= 4 is 5.69 Å². The van der Waals surface area contributed by atoms with E-state index in [1.54, 1.807) is 0 Å². The fourth-order valence-electron chi connectivity index (χ4n) is 2.77. The summed E-state index contributed by atoms with van der Waals surface area (Å²) in [4.78, 5) is 0. The van der Waals surface area contributed by atoms with Gasteiger partial charge < -0.3 is 5.73 Å². The lowest BCUT2D eigenvalue weighted by atomic mass is 9.77. The lowest BCUT2D eigenvalue weighted by molar-refractivity contribution is 0.263. The molecule has 1 saturated carbocycles. The van der Waals surface area contributed by atoms with Crippen molar-refractivity contribution in [2.24, 2.45) is 5.92 Å². The molecular weight excluding hydrogens is 201 g/mol. The van der Waals surface area contributed by atoms with Gasteiger partial charge in [-0.1, -0.05) is 31.4 Å². The standard InChI is InChI=1S/C14H20FN/c15-10-14(11-4-2-1-3-5-11)12-6-8-13(16)9-7-12/h6-9,11,14H,1-5,10,16H2. The molecule has 88 valence electrons. The highest BCUT2D eigenvalue weighted by Gasteiger charge is 2.24. The summed E-state index contributed by atoms with van der Waals surface area (Å²) >= 11 is 0. The number of benzene rings is 1. The molecule has 2 heteroatoms. The summed E-state index contributed by atoms with van der Waals surface area (Å²) in [5, 5.41) is 0. The van der Waals surface area contributed by atoms with Crippen molar-refractivity contribution in [1.29, 1.82) is 0 Å². The lowest BCUT2D eigenvalue weighted by Crippen LogP contribution is -2.18. The Hall–Kier alpha value is -1.05. The number of rotatable bonds is 3. The first kappa shape index (κ1) is 11.4. The molecule has 1 atom stereocenters. The molecule has 16 heavy (non-hydrogen) atoms. The van der Waals surface area contributed by atoms with E-state index in [0.717, 1.165) is 11.3 Å². The molecule has 0 aliphatic heterocycles. The fourth-order valence-corrected chi connectivity index (χ4v) is 2.77. The number of hydrogen-bond acceptors (Lipinski definition) is 1. The lowest BCUT2D eigenvalue weighted by Gasteiger charge is -2.28. The molecule has 0 radical (unpaired) electrons. The quantitative estimate of drug-likeness (QED) is 0.770. The minimum absolute atomic E-state index is 0.0842. The summed E-state index contributed by atoms with van der Waals surface area (Å²) in [6, 6.07) is 7.71. The van der Waals surface area contributed by atoms with E-state index in [4.69, 9.17) is 5.73 Å². The summed E-state index contributed by atoms with van der Waals surface area (Å²) in [5.74, 6) is 0.614. The van der Waals surface area contributed by atoms with Crippen molar-refractivity contribution in [2.75, 3.05) is 12.4 Å². The third-order valence-corrected chi connectivity index (χ3v) is 3.75. The largest absolute Gasteiger partial charge is 0.399 e. The molecule has 0 spiro atoms. The van der Waals surface area contributed by atoms with Crippen molar-refractivity contribution in [2.45, 2.75) is 38.0 Å². The Labute approximate surface area is 96.9 Å². The third-order valence-electron chi connectivity index (χ3n) is 3.75. The summed E-state index contributed by atoms with van der Waals surface area (Å²) < 4.78 is 13.2. The summed E-state index contributed by atoms with van der Waals surface area (Å²) in [5.41, 5.74) is 7.52. The summed E-state index contributed by atoms with van der Waals surface area (Å²) in [6.45, 7) is -0.241. The van der Waals surface area contributed by atoms with Gasteiger partial charge in [0.05, 0.1) is 6.67 Å². The SMILES string of the molecule is Nc1ccc(C(CF)C2CCCCC2)cc1. The van der Waals surface area contributed by atoms with Crippen LogP contribution in [0.25, 0.3) is 0 Å². The molecule has 0 heterocycles. The maximum Gasteiger partial charge on any atom is 0.0965 e. The molecule has 1 unspecified atom stereocenters. The molecule has 2 N–H and O–H groups in total. The highest BCUT2D eigenvalue weighted by Crippen LogP contribution is 2.36. The van der Waals surface area contributed by atoms with E-state index < -0.39 is 0 Å². The smallest absolute Gasteiger partial charge is 0.0965 e. The Morgan fingerprint density at radius 2 is 1.75 bits per heavy atom. The predicted molar refractivity (Wildman–Crippen MR) is 66.1 cm³/mol. The number of nitrogens with two attached hydrogens (primary N) is 1. The van der Waals surface area contributed by atoms with E-state index in [9.17, 15) is 4.39 Å². The van der Waals surface area contributed by atoms with Crippen LogP contribution in [0.1, 0.15) is 43.6 Å². The number of hydrogen-bond donors (Lipinski definition) is 1. The Balaban J connectivity index is 2.11. The molecule has 1 aliphatic rings. The van der Waals surface area contributed by atoms with Gasteiger partial charge >= 0.3 is 0 Å². The van der Waals surface area contributed by atoms with Gasteiger partial charge in [0.2, 0.25) is 0 Å². The molecule has 1 fully saturated rings. The molecule has 1 aromatic rings. The van der Waals surface area contributed by atoms with Crippen LogP contribution in [0.15, 0.2) is 24.3 Å². The van der Waals surface area contributed by atoms with Crippen molar-refractivity contribution in [1.82, 2.24) is 0 Å². The highest BCUT2D eigenvalue weighted by atomic mass is 19.1. The minimum Gasteiger partial charge on any atom is -0.399 e. The normalized spacial score (nSPS) is 19.6. The highest BCUT2D eigenvalue weighted by molar-refractivity contribution is 5.40. The molecule has 1 aromatic carbocycles. The van der Waals surface area contributed by atoms with Crippen molar-refractivity contribution < 1.29 is 4.39 Å². The number of halogens is 1. The maximum atomic E-state index is 13.2. The zero-order valence-corrected chi connectivity index (χ0v) is 9.66. The zero-order chi connectivity index (χ0) is 11.4. The first-order valence-corrected chi connectivity index (χ1v) is 6.22. The van der Waals surface area contributed by atoms with Crippen molar-refractivity contribution in [3.05, 3.63) is 29.8 Å². The summed E-state index contributed by atoms with van der Waals surface area (Å²) in [7, 11) is 0. The van der Waals surface area contributed by atoms with Crippen LogP contribution >= 0.6 is 0 Å². The van der Waals surface area contributed by atoms with Crippen LogP contribution in [0.3, 0.4) is 0 Å². The van der Waals surface area contributed by atoms with E-state index in [-0.39, 0.29) is 12.6 Å². The van der Waals surface area contributed by atoms with Gasteiger partial charge in [0, 0.05) is 11.6 Å². The monoisotopic (exact) mass is 221 g/mol. The molecule has 2 rings (SSSR count). The topological polar surface area (TPSA) is 26.0 Å². The number of nitrogen functional groups attached to an aromatic ring is 1. The number of alkyl halides is 1. The zero-order valence-electron chi connectivity index (χ0n) is 9.66. The number of anilines is 1. The molecule has 0 aromatic heterocycles. The van der Waals surface area contributed by atoms with Gasteiger partial charge in [0.1, 0.15) is 0 Å². The van der Waals surface area contributed by atoms with Gasteiger partial charge in [-0.3, -0.25) is 4.39 Å². The Bertz CT molecular complexity index is 314. The van der Waals surface area contributed by atoms with Crippen LogP contribution in [-0.2, 0) is 0 Å². The molecule has 1 nitrogen and oxygen atoms in total. The van der Waals surface area contributed by atoms with Gasteiger partial charge in [0.15, 0.2) is 0 Å². The first-order chi connectivity index (χ1) is 7.81. The molecule has 0 saturated heterocycles. The van der Waals surface area contributed by atoms with Crippen LogP contribution in [-0.4, -0.2) is 6.67 Å². The van der Waals surface area contributed by atoms with E-state index >= 15 is 0 Å². The Morgan fingerprint density at radius 3 is 2.31 bits per heavy atom. The second-order valence-electron chi connectivity index (χ2n) is 4.83. The first-order valence-electron chi connectivity index (χ1n) is 6.22. The van der Waals surface area contributed by atoms with Gasteiger partial charge in [-0.05, 0) is 36.5 Å². The average Bonchev–Trinajstić information content (AvgIpc) is 2.34. The Morgan fingerprint density at radius 1 is 1.12 bits per heavy atom. The van der Waals surface area contributed by atoms with E-state index in [1.165, 1.54) is 32.1 Å². The van der Waals surface area contributed by atoms with Crippen LogP contribution in [0.2, 0.25) is 0 Å². The average molecular weight is 221 g/mol. The molecular formula is C14H20FN. The van der Waals surface area contributed by atoms with Crippen molar-refractivity contribution in [3.8, 4) is 0 Å². The van der Waals surface area contributed by atoms with Gasteiger partial charge in [-0.25, -0.2) is 0 Å². The van der Waals surface area contributed by atoms with E-state index in [1.807, 2.05) is 24.3 Å². The Kier molecular flexibility index (Phi) is 3.81. The van der Waals surface area contributed by atoms with Crippen LogP contribution in [0, 0.1) is 5.92 Å². The predicted octanol–water partition coefficient (Wildman–Crippen LogP) is 3.90. The molecule has 1 aliphatic carbocycles. The molecule has 0 amide bonds. The van der Waals surface area contributed by atoms with E-state index in [0.29, 0.717) is 5.92 Å². The van der Waals surface area contributed by atoms with E-state index in [2.05, 4.69) is 0 Å². The summed E-state index contributed by atoms with van der Waals surface area (Å²) in [6.07, 6.45) is 6.20. The maximum absolute atomic E-state index is 13.2. The van der Waals surface area contributed by atoms with Gasteiger partial charge in [-0.2, -0.15) is 0 Å². The van der Waals surface area contributed by atoms with Crippen LogP contribution < -0.4 is 5.73 Å². The molecule has 0 bridgehead atoms. The second-order valence-corrected chi connectivity index (χ2v) is 4.83.